The summed E-state index contributed by atoms with van der Waals surface area (Å²) in [5.74, 6) is 0.642. The van der Waals surface area contributed by atoms with Crippen LogP contribution in [0.5, 0.6) is 5.75 Å². The lowest BCUT2D eigenvalue weighted by Crippen LogP contribution is -2.19. The highest BCUT2D eigenvalue weighted by atomic mass is 35.5. The van der Waals surface area contributed by atoms with Crippen LogP contribution in [-0.2, 0) is 0 Å². The van der Waals surface area contributed by atoms with E-state index in [1.165, 1.54) is 0 Å². The van der Waals surface area contributed by atoms with Crippen LogP contribution in [0.15, 0.2) is 54.7 Å². The molecular weight excluding hydrogens is 314 g/mol. The number of benzene rings is 2. The summed E-state index contributed by atoms with van der Waals surface area (Å²) in [5, 5.41) is 6.95. The Balaban J connectivity index is 1.87. The van der Waals surface area contributed by atoms with Gasteiger partial charge in [0.15, 0.2) is 0 Å². The third-order valence-corrected chi connectivity index (χ3v) is 3.48. The number of hydrogen-bond acceptors (Lipinski definition) is 3. The van der Waals surface area contributed by atoms with Gasteiger partial charge in [0.05, 0.1) is 18.3 Å². The number of nitrogens with zero attached hydrogens (tertiary/aromatic N) is 1. The monoisotopic (exact) mass is 327 g/mol. The average Bonchev–Trinajstić information content (AvgIpc) is 2.54. The topological polar surface area (TPSA) is 63.2 Å². The van der Waals surface area contributed by atoms with Gasteiger partial charge < -0.3 is 15.4 Å². The number of anilines is 2. The summed E-state index contributed by atoms with van der Waals surface area (Å²) in [4.78, 5) is 16.5. The van der Waals surface area contributed by atoms with Gasteiger partial charge in [-0.05, 0) is 30.3 Å². The number of amides is 2. The van der Waals surface area contributed by atoms with Crippen molar-refractivity contribution in [1.29, 1.82) is 0 Å². The standard InChI is InChI=1S/C17H14ClN3O2/c1-23-14-8-11-4-3-7-19-16(11)15(10-14)21-17(22)20-13-6-2-5-12(18)9-13/h2-10H,1H3,(H2,20,21,22). The second kappa shape index (κ2) is 6.54. The number of urea groups is 1. The molecule has 0 aliphatic heterocycles. The van der Waals surface area contributed by atoms with Gasteiger partial charge in [-0.2, -0.15) is 0 Å². The molecule has 23 heavy (non-hydrogen) atoms. The fourth-order valence-electron chi connectivity index (χ4n) is 2.23. The quantitative estimate of drug-likeness (QED) is 0.742. The molecule has 3 rings (SSSR count). The van der Waals surface area contributed by atoms with Crippen LogP contribution in [0.1, 0.15) is 0 Å². The van der Waals surface area contributed by atoms with Crippen LogP contribution in [0.4, 0.5) is 16.2 Å². The van der Waals surface area contributed by atoms with Crippen LogP contribution in [0, 0.1) is 0 Å². The molecule has 116 valence electrons. The van der Waals surface area contributed by atoms with E-state index in [2.05, 4.69) is 15.6 Å². The summed E-state index contributed by atoms with van der Waals surface area (Å²) in [7, 11) is 1.58. The molecule has 0 bridgehead atoms. The minimum atomic E-state index is -0.382. The molecule has 0 radical (unpaired) electrons. The maximum Gasteiger partial charge on any atom is 0.323 e. The molecule has 1 heterocycles. The molecule has 0 spiro atoms. The highest BCUT2D eigenvalue weighted by molar-refractivity contribution is 6.30. The Labute approximate surface area is 138 Å². The number of methoxy groups -OCH3 is 1. The Morgan fingerprint density at radius 1 is 1.13 bits per heavy atom. The first-order chi connectivity index (χ1) is 11.2. The number of ether oxygens (including phenoxy) is 1. The maximum absolute atomic E-state index is 12.2. The Morgan fingerprint density at radius 3 is 2.78 bits per heavy atom. The van der Waals surface area contributed by atoms with Gasteiger partial charge >= 0.3 is 6.03 Å². The van der Waals surface area contributed by atoms with E-state index in [9.17, 15) is 4.79 Å². The van der Waals surface area contributed by atoms with E-state index in [1.54, 1.807) is 43.6 Å². The number of halogens is 1. The average molecular weight is 328 g/mol. The predicted molar refractivity (Wildman–Crippen MR) is 92.4 cm³/mol. The van der Waals surface area contributed by atoms with Gasteiger partial charge in [-0.1, -0.05) is 23.7 Å². The first-order valence-electron chi connectivity index (χ1n) is 6.92. The largest absolute Gasteiger partial charge is 0.497 e. The zero-order chi connectivity index (χ0) is 16.2. The van der Waals surface area contributed by atoms with E-state index in [0.29, 0.717) is 27.7 Å². The number of nitrogens with one attached hydrogen (secondary N) is 2. The second-order valence-electron chi connectivity index (χ2n) is 4.84. The van der Waals surface area contributed by atoms with Crippen molar-refractivity contribution < 1.29 is 9.53 Å². The number of pyridine rings is 1. The third kappa shape index (κ3) is 3.52. The number of fused-ring (bicyclic) bond motifs is 1. The molecule has 0 saturated heterocycles. The van der Waals surface area contributed by atoms with E-state index in [1.807, 2.05) is 18.2 Å². The highest BCUT2D eigenvalue weighted by Crippen LogP contribution is 2.27. The van der Waals surface area contributed by atoms with Crippen LogP contribution in [0.25, 0.3) is 10.9 Å². The van der Waals surface area contributed by atoms with E-state index in [-0.39, 0.29) is 6.03 Å². The lowest BCUT2D eigenvalue weighted by molar-refractivity contribution is 0.262. The van der Waals surface area contributed by atoms with Gasteiger partial charge in [-0.25, -0.2) is 4.79 Å². The Hall–Kier alpha value is -2.79. The molecular formula is C17H14ClN3O2. The first-order valence-corrected chi connectivity index (χ1v) is 7.30. The summed E-state index contributed by atoms with van der Waals surface area (Å²) in [6.45, 7) is 0. The Morgan fingerprint density at radius 2 is 2.00 bits per heavy atom. The SMILES string of the molecule is COc1cc(NC(=O)Nc2cccc(Cl)c2)c2ncccc2c1. The van der Waals surface area contributed by atoms with Crippen molar-refractivity contribution in [2.45, 2.75) is 0 Å². The van der Waals surface area contributed by atoms with Gasteiger partial charge in [0.25, 0.3) is 0 Å². The zero-order valence-electron chi connectivity index (χ0n) is 12.3. The molecule has 0 aliphatic rings. The molecule has 5 nitrogen and oxygen atoms in total. The Kier molecular flexibility index (Phi) is 4.30. The number of aromatic nitrogens is 1. The van der Waals surface area contributed by atoms with Gasteiger partial charge in [-0.15, -0.1) is 0 Å². The summed E-state index contributed by atoms with van der Waals surface area (Å²) >= 11 is 5.91. The van der Waals surface area contributed by atoms with Crippen molar-refractivity contribution in [3.05, 3.63) is 59.8 Å². The minimum absolute atomic E-state index is 0.382. The van der Waals surface area contributed by atoms with E-state index < -0.39 is 0 Å². The van der Waals surface area contributed by atoms with Crippen molar-refractivity contribution >= 4 is 39.9 Å². The van der Waals surface area contributed by atoms with E-state index >= 15 is 0 Å². The molecule has 2 amide bonds. The van der Waals surface area contributed by atoms with E-state index in [4.69, 9.17) is 16.3 Å². The Bertz CT molecular complexity index is 867. The molecule has 3 aromatic rings. The number of rotatable bonds is 3. The molecule has 1 aromatic heterocycles. The number of carbonyl (C=O) groups excluding carboxylic acids is 1. The summed E-state index contributed by atoms with van der Waals surface area (Å²) < 4.78 is 5.26. The summed E-state index contributed by atoms with van der Waals surface area (Å²) in [6.07, 6.45) is 1.68. The predicted octanol–water partition coefficient (Wildman–Crippen LogP) is 4.54. The highest BCUT2D eigenvalue weighted by Gasteiger charge is 2.09. The van der Waals surface area contributed by atoms with Crippen LogP contribution in [-0.4, -0.2) is 18.1 Å². The number of hydrogen-bond donors (Lipinski definition) is 2. The van der Waals surface area contributed by atoms with Gasteiger partial charge in [-0.3, -0.25) is 4.98 Å². The molecule has 0 unspecified atom stereocenters. The molecule has 0 fully saturated rings. The lowest BCUT2D eigenvalue weighted by Gasteiger charge is -2.11. The smallest absolute Gasteiger partial charge is 0.323 e. The maximum atomic E-state index is 12.2. The molecule has 6 heteroatoms. The van der Waals surface area contributed by atoms with Crippen LogP contribution in [0.2, 0.25) is 5.02 Å². The summed E-state index contributed by atoms with van der Waals surface area (Å²) in [6, 6.07) is 13.9. The van der Waals surface area contributed by atoms with Crippen molar-refractivity contribution in [2.75, 3.05) is 17.7 Å². The van der Waals surface area contributed by atoms with Crippen molar-refractivity contribution in [3.8, 4) is 5.75 Å². The van der Waals surface area contributed by atoms with Crippen molar-refractivity contribution in [2.24, 2.45) is 0 Å². The molecule has 2 N–H and O–H groups in total. The molecule has 0 aliphatic carbocycles. The normalized spacial score (nSPS) is 10.3. The molecule has 2 aromatic carbocycles. The zero-order valence-corrected chi connectivity index (χ0v) is 13.1. The fraction of sp³-hybridized carbons (Fsp3) is 0.0588. The van der Waals surface area contributed by atoms with Gasteiger partial charge in [0.1, 0.15) is 5.75 Å². The lowest BCUT2D eigenvalue weighted by atomic mass is 10.2. The van der Waals surface area contributed by atoms with Crippen LogP contribution < -0.4 is 15.4 Å². The fourth-order valence-corrected chi connectivity index (χ4v) is 2.42. The van der Waals surface area contributed by atoms with E-state index in [0.717, 1.165) is 5.39 Å². The van der Waals surface area contributed by atoms with Gasteiger partial charge in [0, 0.05) is 28.4 Å². The summed E-state index contributed by atoms with van der Waals surface area (Å²) in [5.41, 5.74) is 1.86. The van der Waals surface area contributed by atoms with Gasteiger partial charge in [0.2, 0.25) is 0 Å². The molecule has 0 saturated carbocycles. The second-order valence-corrected chi connectivity index (χ2v) is 5.28. The third-order valence-electron chi connectivity index (χ3n) is 3.24. The molecule has 0 atom stereocenters. The van der Waals surface area contributed by atoms with Crippen molar-refractivity contribution in [3.63, 3.8) is 0 Å². The van der Waals surface area contributed by atoms with Crippen LogP contribution >= 0.6 is 11.6 Å². The van der Waals surface area contributed by atoms with Crippen molar-refractivity contribution in [1.82, 2.24) is 4.98 Å². The van der Waals surface area contributed by atoms with Crippen LogP contribution in [0.3, 0.4) is 0 Å². The number of carbonyl (C=O) groups is 1. The first kappa shape index (κ1) is 15.1. The minimum Gasteiger partial charge on any atom is -0.497 e.